The molecule has 2 aromatic carbocycles. The highest BCUT2D eigenvalue weighted by molar-refractivity contribution is 7.92. The van der Waals surface area contributed by atoms with Crippen LogP contribution in [0.15, 0.2) is 47.9 Å². The summed E-state index contributed by atoms with van der Waals surface area (Å²) in [6, 6.07) is 13.2. The van der Waals surface area contributed by atoms with E-state index in [2.05, 4.69) is 4.90 Å². The van der Waals surface area contributed by atoms with Crippen molar-refractivity contribution in [2.45, 2.75) is 20.4 Å². The van der Waals surface area contributed by atoms with Crippen molar-refractivity contribution < 1.29 is 13.5 Å². The van der Waals surface area contributed by atoms with Crippen molar-refractivity contribution in [3.63, 3.8) is 0 Å². The van der Waals surface area contributed by atoms with Gasteiger partial charge in [-0.25, -0.2) is 8.42 Å². The largest absolute Gasteiger partial charge is 0.508 e. The number of aryl methyl sites for hydroxylation is 2. The number of nitrogens with zero attached hydrogens (tertiary/aromatic N) is 2. The molecule has 0 spiro atoms. The van der Waals surface area contributed by atoms with Gasteiger partial charge in [0.1, 0.15) is 5.75 Å². The molecule has 0 aliphatic carbocycles. The predicted molar refractivity (Wildman–Crippen MR) is 109 cm³/mol. The molecule has 0 saturated carbocycles. The Hall–Kier alpha value is -2.15. The number of sulfonamides is 1. The Morgan fingerprint density at radius 2 is 1.63 bits per heavy atom. The van der Waals surface area contributed by atoms with Crippen LogP contribution in [-0.4, -0.2) is 48.9 Å². The van der Waals surface area contributed by atoms with E-state index in [-0.39, 0.29) is 0 Å². The number of rotatable bonds is 5. The van der Waals surface area contributed by atoms with Crippen molar-refractivity contribution in [1.82, 2.24) is 9.21 Å². The highest BCUT2D eigenvalue weighted by Gasteiger charge is 2.25. The molecular formula is C21H26N2O3S. The monoisotopic (exact) mass is 386 g/mol. The van der Waals surface area contributed by atoms with Crippen molar-refractivity contribution in [3.05, 3.63) is 70.1 Å². The zero-order chi connectivity index (χ0) is 19.4. The van der Waals surface area contributed by atoms with Gasteiger partial charge in [-0.2, -0.15) is 4.31 Å². The molecule has 2 aromatic rings. The van der Waals surface area contributed by atoms with Gasteiger partial charge in [0.05, 0.1) is 0 Å². The van der Waals surface area contributed by atoms with Crippen molar-refractivity contribution in [1.29, 1.82) is 0 Å². The molecule has 144 valence electrons. The third-order valence-corrected chi connectivity index (χ3v) is 6.58. The van der Waals surface area contributed by atoms with E-state index in [1.54, 1.807) is 12.1 Å². The number of phenols is 1. The average molecular weight is 387 g/mol. The van der Waals surface area contributed by atoms with E-state index in [0.717, 1.165) is 22.3 Å². The average Bonchev–Trinajstić information content (AvgIpc) is 2.66. The lowest BCUT2D eigenvalue weighted by Crippen LogP contribution is -2.47. The highest BCUT2D eigenvalue weighted by Crippen LogP contribution is 2.24. The summed E-state index contributed by atoms with van der Waals surface area (Å²) in [6.45, 7) is 6.82. The van der Waals surface area contributed by atoms with Gasteiger partial charge in [0.25, 0.3) is 0 Å². The number of phenolic OH excluding ortho intramolecular Hbond substituents is 1. The van der Waals surface area contributed by atoms with Crippen LogP contribution in [0.2, 0.25) is 0 Å². The summed E-state index contributed by atoms with van der Waals surface area (Å²) in [5.74, 6) is 0.305. The summed E-state index contributed by atoms with van der Waals surface area (Å²) in [5, 5.41) is 11.4. The first-order valence-electron chi connectivity index (χ1n) is 9.10. The van der Waals surface area contributed by atoms with Crippen LogP contribution < -0.4 is 0 Å². The Morgan fingerprint density at radius 1 is 1.00 bits per heavy atom. The molecule has 0 aromatic heterocycles. The van der Waals surface area contributed by atoms with Crippen LogP contribution in [0.3, 0.4) is 0 Å². The maximum Gasteiger partial charge on any atom is 0.236 e. The summed E-state index contributed by atoms with van der Waals surface area (Å²) in [7, 11) is -3.42. The van der Waals surface area contributed by atoms with Gasteiger partial charge in [-0.15, -0.1) is 0 Å². The maximum absolute atomic E-state index is 12.5. The fraction of sp³-hybridized carbons (Fsp3) is 0.333. The van der Waals surface area contributed by atoms with E-state index in [0.29, 0.717) is 38.5 Å². The van der Waals surface area contributed by atoms with Gasteiger partial charge in [-0.1, -0.05) is 36.4 Å². The second kappa shape index (κ2) is 8.25. The smallest absolute Gasteiger partial charge is 0.236 e. The van der Waals surface area contributed by atoms with Gasteiger partial charge >= 0.3 is 0 Å². The van der Waals surface area contributed by atoms with Crippen LogP contribution in [0.5, 0.6) is 5.75 Å². The fourth-order valence-electron chi connectivity index (χ4n) is 3.19. The molecule has 0 unspecified atom stereocenters. The van der Waals surface area contributed by atoms with Gasteiger partial charge in [0.15, 0.2) is 0 Å². The van der Waals surface area contributed by atoms with Crippen LogP contribution in [0.25, 0.3) is 6.08 Å². The Morgan fingerprint density at radius 3 is 2.30 bits per heavy atom. The first-order valence-corrected chi connectivity index (χ1v) is 10.6. The summed E-state index contributed by atoms with van der Waals surface area (Å²) in [4.78, 5) is 2.18. The lowest BCUT2D eigenvalue weighted by molar-refractivity contribution is 0.181. The molecule has 1 saturated heterocycles. The zero-order valence-electron chi connectivity index (χ0n) is 15.8. The molecule has 0 radical (unpaired) electrons. The van der Waals surface area contributed by atoms with Crippen LogP contribution in [0.1, 0.15) is 22.3 Å². The minimum Gasteiger partial charge on any atom is -0.508 e. The number of benzene rings is 2. The fourth-order valence-corrected chi connectivity index (χ4v) is 4.36. The van der Waals surface area contributed by atoms with E-state index in [9.17, 15) is 13.5 Å². The number of aromatic hydroxyl groups is 1. The molecule has 5 nitrogen and oxygen atoms in total. The molecule has 3 rings (SSSR count). The van der Waals surface area contributed by atoms with E-state index >= 15 is 0 Å². The van der Waals surface area contributed by atoms with Crippen LogP contribution in [0, 0.1) is 13.8 Å². The molecule has 1 heterocycles. The first-order chi connectivity index (χ1) is 12.8. The summed E-state index contributed by atoms with van der Waals surface area (Å²) in [6.07, 6.45) is 1.63. The Labute approximate surface area is 161 Å². The Kier molecular flexibility index (Phi) is 5.99. The Bertz CT molecular complexity index is 916. The third kappa shape index (κ3) is 4.97. The molecule has 1 aliphatic heterocycles. The minimum atomic E-state index is -3.42. The SMILES string of the molecule is Cc1cc(O)c(CN2CCN(S(=O)(=O)/C=C/c3ccccc3)CC2)cc1C. The predicted octanol–water partition coefficient (Wildman–Crippen LogP) is 3.13. The summed E-state index contributed by atoms with van der Waals surface area (Å²) < 4.78 is 26.6. The maximum atomic E-state index is 12.5. The molecule has 1 N–H and O–H groups in total. The minimum absolute atomic E-state index is 0.305. The first kappa shape index (κ1) is 19.6. The third-order valence-electron chi connectivity index (χ3n) is 5.01. The van der Waals surface area contributed by atoms with Gasteiger partial charge in [0, 0.05) is 43.7 Å². The molecule has 1 fully saturated rings. The highest BCUT2D eigenvalue weighted by atomic mass is 32.2. The van der Waals surface area contributed by atoms with Crippen LogP contribution >= 0.6 is 0 Å². The van der Waals surface area contributed by atoms with Crippen LogP contribution in [-0.2, 0) is 16.6 Å². The lowest BCUT2D eigenvalue weighted by atomic mass is 10.0. The summed E-state index contributed by atoms with van der Waals surface area (Å²) in [5.41, 5.74) is 3.97. The second-order valence-electron chi connectivity index (χ2n) is 7.00. The van der Waals surface area contributed by atoms with Crippen LogP contribution in [0.4, 0.5) is 0 Å². The summed E-state index contributed by atoms with van der Waals surface area (Å²) >= 11 is 0. The van der Waals surface area contributed by atoms with Crippen molar-refractivity contribution >= 4 is 16.1 Å². The molecule has 27 heavy (non-hydrogen) atoms. The molecule has 6 heteroatoms. The van der Waals surface area contributed by atoms with E-state index in [1.165, 1.54) is 9.71 Å². The van der Waals surface area contributed by atoms with Crippen molar-refractivity contribution in [2.24, 2.45) is 0 Å². The lowest BCUT2D eigenvalue weighted by Gasteiger charge is -2.33. The van der Waals surface area contributed by atoms with E-state index in [4.69, 9.17) is 0 Å². The van der Waals surface area contributed by atoms with Gasteiger partial charge in [0.2, 0.25) is 10.0 Å². The molecular weight excluding hydrogens is 360 g/mol. The van der Waals surface area contributed by atoms with Gasteiger partial charge < -0.3 is 5.11 Å². The number of hydrogen-bond donors (Lipinski definition) is 1. The normalized spacial score (nSPS) is 16.8. The second-order valence-corrected chi connectivity index (χ2v) is 8.82. The van der Waals surface area contributed by atoms with Crippen molar-refractivity contribution in [3.8, 4) is 5.75 Å². The zero-order valence-corrected chi connectivity index (χ0v) is 16.6. The van der Waals surface area contributed by atoms with E-state index in [1.807, 2.05) is 50.2 Å². The topological polar surface area (TPSA) is 60.9 Å². The molecule has 0 atom stereocenters. The molecule has 0 amide bonds. The van der Waals surface area contributed by atoms with E-state index < -0.39 is 10.0 Å². The standard InChI is InChI=1S/C21H26N2O3S/c1-17-14-20(21(24)15-18(17)2)16-22-9-11-23(12-10-22)27(25,26)13-8-19-6-4-3-5-7-19/h3-8,13-15,24H,9-12,16H2,1-2H3/b13-8+. The van der Waals surface area contributed by atoms with Crippen molar-refractivity contribution in [2.75, 3.05) is 26.2 Å². The molecule has 1 aliphatic rings. The molecule has 0 bridgehead atoms. The van der Waals surface area contributed by atoms with Gasteiger partial charge in [-0.3, -0.25) is 4.90 Å². The number of hydrogen-bond acceptors (Lipinski definition) is 4. The number of piperazine rings is 1. The van der Waals surface area contributed by atoms with Gasteiger partial charge in [-0.05, 0) is 42.7 Å². The quantitative estimate of drug-likeness (QED) is 0.858. The Balaban J connectivity index is 1.60.